The van der Waals surface area contributed by atoms with Crippen LogP contribution in [0.25, 0.3) is 0 Å². The lowest BCUT2D eigenvalue weighted by Crippen LogP contribution is -2.41. The predicted octanol–water partition coefficient (Wildman–Crippen LogP) is 2.45. The van der Waals surface area contributed by atoms with Crippen molar-refractivity contribution in [1.82, 2.24) is 4.98 Å². The van der Waals surface area contributed by atoms with Crippen LogP contribution in [0.2, 0.25) is 0 Å². The van der Waals surface area contributed by atoms with Crippen LogP contribution >= 0.6 is 15.9 Å². The molecule has 3 nitrogen and oxygen atoms in total. The zero-order chi connectivity index (χ0) is 12.8. The zero-order valence-corrected chi connectivity index (χ0v) is 12.5. The molecule has 0 amide bonds. The average Bonchev–Trinajstić information content (AvgIpc) is 2.34. The maximum atomic E-state index is 5.99. The largest absolute Gasteiger partial charge is 0.494 e. The summed E-state index contributed by atoms with van der Waals surface area (Å²) in [6.45, 7) is 10.2. The van der Waals surface area contributed by atoms with E-state index < -0.39 is 0 Å². The van der Waals surface area contributed by atoms with E-state index in [1.807, 2.05) is 19.1 Å². The number of hydrogen-bond donors (Lipinski definition) is 0. The Balaban J connectivity index is 2.32. The van der Waals surface area contributed by atoms with Crippen molar-refractivity contribution in [2.75, 3.05) is 0 Å². The second kappa shape index (κ2) is 4.07. The summed E-state index contributed by atoms with van der Waals surface area (Å²) < 4.78 is 12.8. The number of pyridine rings is 1. The number of halogens is 1. The Hall–Kier alpha value is -0.385. The highest BCUT2D eigenvalue weighted by Gasteiger charge is 2.51. The Morgan fingerprint density at radius 1 is 1.12 bits per heavy atom. The molecule has 0 atom stereocenters. The fourth-order valence-corrected chi connectivity index (χ4v) is 2.31. The monoisotopic (exact) mass is 297 g/mol. The summed E-state index contributed by atoms with van der Waals surface area (Å²) in [7, 11) is -0.321. The topological polar surface area (TPSA) is 31.4 Å². The summed E-state index contributed by atoms with van der Waals surface area (Å²) in [5.41, 5.74) is 1.34. The molecule has 92 valence electrons. The second-order valence-electron chi connectivity index (χ2n) is 5.45. The lowest BCUT2D eigenvalue weighted by molar-refractivity contribution is 0.00578. The standard InChI is InChI=1S/C12H17BBrNO2/c1-8-6-9(7-10(14)15-8)13-16-11(2,3)12(4,5)17-13/h6-7H,1-5H3. The number of aromatic nitrogens is 1. The van der Waals surface area contributed by atoms with Gasteiger partial charge >= 0.3 is 7.12 Å². The van der Waals surface area contributed by atoms with Gasteiger partial charge in [0.1, 0.15) is 4.60 Å². The van der Waals surface area contributed by atoms with Crippen molar-refractivity contribution < 1.29 is 9.31 Å². The van der Waals surface area contributed by atoms with Gasteiger partial charge in [0.25, 0.3) is 0 Å². The van der Waals surface area contributed by atoms with E-state index in [2.05, 4.69) is 48.6 Å². The van der Waals surface area contributed by atoms with Crippen LogP contribution in [0.3, 0.4) is 0 Å². The second-order valence-corrected chi connectivity index (χ2v) is 6.27. The van der Waals surface area contributed by atoms with Gasteiger partial charge in [0, 0.05) is 5.69 Å². The van der Waals surface area contributed by atoms with Crippen molar-refractivity contribution in [2.45, 2.75) is 45.8 Å². The molecular weight excluding hydrogens is 281 g/mol. The van der Waals surface area contributed by atoms with Crippen molar-refractivity contribution >= 4 is 28.5 Å². The van der Waals surface area contributed by atoms with Gasteiger partial charge in [-0.1, -0.05) is 0 Å². The predicted molar refractivity (Wildman–Crippen MR) is 72.4 cm³/mol. The van der Waals surface area contributed by atoms with Crippen LogP contribution in [0.1, 0.15) is 33.4 Å². The molecule has 0 N–H and O–H groups in total. The van der Waals surface area contributed by atoms with E-state index in [4.69, 9.17) is 9.31 Å². The zero-order valence-electron chi connectivity index (χ0n) is 10.9. The third kappa shape index (κ3) is 2.42. The van der Waals surface area contributed by atoms with Crippen molar-refractivity contribution in [3.8, 4) is 0 Å². The molecule has 2 rings (SSSR count). The van der Waals surface area contributed by atoms with Crippen LogP contribution in [-0.2, 0) is 9.31 Å². The van der Waals surface area contributed by atoms with Gasteiger partial charge in [-0.25, -0.2) is 4.98 Å². The lowest BCUT2D eigenvalue weighted by Gasteiger charge is -2.32. The van der Waals surface area contributed by atoms with E-state index in [0.29, 0.717) is 0 Å². The van der Waals surface area contributed by atoms with Crippen molar-refractivity contribution in [1.29, 1.82) is 0 Å². The molecule has 0 unspecified atom stereocenters. The highest BCUT2D eigenvalue weighted by atomic mass is 79.9. The van der Waals surface area contributed by atoms with E-state index in [1.54, 1.807) is 0 Å². The molecule has 5 heteroatoms. The minimum absolute atomic E-state index is 0.304. The van der Waals surface area contributed by atoms with Crippen LogP contribution in [0.4, 0.5) is 0 Å². The lowest BCUT2D eigenvalue weighted by atomic mass is 9.79. The van der Waals surface area contributed by atoms with Gasteiger partial charge in [-0.05, 0) is 68.1 Å². The summed E-state index contributed by atoms with van der Waals surface area (Å²) in [5.74, 6) is 0. The highest BCUT2D eigenvalue weighted by Crippen LogP contribution is 2.36. The first kappa shape index (κ1) is 13.1. The van der Waals surface area contributed by atoms with Crippen molar-refractivity contribution in [2.24, 2.45) is 0 Å². The summed E-state index contributed by atoms with van der Waals surface area (Å²) >= 11 is 3.39. The van der Waals surface area contributed by atoms with Gasteiger partial charge in [0.05, 0.1) is 11.2 Å². The third-order valence-corrected chi connectivity index (χ3v) is 3.88. The van der Waals surface area contributed by atoms with Crippen LogP contribution in [0.15, 0.2) is 16.7 Å². The minimum atomic E-state index is -0.321. The molecule has 17 heavy (non-hydrogen) atoms. The Morgan fingerprint density at radius 2 is 1.65 bits per heavy atom. The molecule has 0 radical (unpaired) electrons. The van der Waals surface area contributed by atoms with E-state index in [0.717, 1.165) is 15.8 Å². The Kier molecular flexibility index (Phi) is 3.13. The van der Waals surface area contributed by atoms with Gasteiger partial charge in [0.2, 0.25) is 0 Å². The first-order chi connectivity index (χ1) is 7.71. The van der Waals surface area contributed by atoms with Gasteiger partial charge in [-0.2, -0.15) is 0 Å². The molecule has 1 fully saturated rings. The molecule has 0 bridgehead atoms. The Morgan fingerprint density at radius 3 is 2.12 bits per heavy atom. The smallest absolute Gasteiger partial charge is 0.399 e. The van der Waals surface area contributed by atoms with E-state index in [-0.39, 0.29) is 18.3 Å². The van der Waals surface area contributed by atoms with Gasteiger partial charge in [0.15, 0.2) is 0 Å². The third-order valence-electron chi connectivity index (χ3n) is 3.47. The summed E-state index contributed by atoms with van der Waals surface area (Å²) in [5, 5.41) is 0. The quantitative estimate of drug-likeness (QED) is 0.589. The maximum absolute atomic E-state index is 5.99. The van der Waals surface area contributed by atoms with Crippen molar-refractivity contribution in [3.05, 3.63) is 22.4 Å². The molecule has 1 aromatic heterocycles. The fraction of sp³-hybridized carbons (Fsp3) is 0.583. The Labute approximate surface area is 111 Å². The Bertz CT molecular complexity index is 412. The number of nitrogens with zero attached hydrogens (tertiary/aromatic N) is 1. The molecular formula is C12H17BBrNO2. The molecule has 0 spiro atoms. The maximum Gasteiger partial charge on any atom is 0.494 e. The number of aryl methyl sites for hydroxylation is 1. The normalized spacial score (nSPS) is 21.9. The summed E-state index contributed by atoms with van der Waals surface area (Å²) in [6.07, 6.45) is 0. The molecule has 1 saturated heterocycles. The molecule has 1 aliphatic heterocycles. The first-order valence-electron chi connectivity index (χ1n) is 5.71. The molecule has 1 aliphatic rings. The van der Waals surface area contributed by atoms with Crippen LogP contribution in [0, 0.1) is 6.92 Å². The van der Waals surface area contributed by atoms with Crippen LogP contribution in [-0.4, -0.2) is 23.3 Å². The number of hydrogen-bond acceptors (Lipinski definition) is 3. The van der Waals surface area contributed by atoms with E-state index in [1.165, 1.54) is 0 Å². The minimum Gasteiger partial charge on any atom is -0.399 e. The van der Waals surface area contributed by atoms with Gasteiger partial charge < -0.3 is 9.31 Å². The SMILES string of the molecule is Cc1cc(B2OC(C)(C)C(C)(C)O2)cc(Br)n1. The first-order valence-corrected chi connectivity index (χ1v) is 6.50. The molecule has 0 saturated carbocycles. The average molecular weight is 298 g/mol. The van der Waals surface area contributed by atoms with Crippen molar-refractivity contribution in [3.63, 3.8) is 0 Å². The molecule has 1 aromatic rings. The fourth-order valence-electron chi connectivity index (χ4n) is 1.77. The molecule has 0 aliphatic carbocycles. The van der Waals surface area contributed by atoms with Crippen LogP contribution < -0.4 is 5.46 Å². The van der Waals surface area contributed by atoms with E-state index >= 15 is 0 Å². The van der Waals surface area contributed by atoms with Gasteiger partial charge in [-0.15, -0.1) is 0 Å². The molecule has 2 heterocycles. The summed E-state index contributed by atoms with van der Waals surface area (Å²) in [6, 6.07) is 3.93. The van der Waals surface area contributed by atoms with Gasteiger partial charge in [-0.3, -0.25) is 0 Å². The summed E-state index contributed by atoms with van der Waals surface area (Å²) in [4.78, 5) is 4.28. The molecule has 0 aromatic carbocycles. The van der Waals surface area contributed by atoms with E-state index in [9.17, 15) is 0 Å². The van der Waals surface area contributed by atoms with Crippen LogP contribution in [0.5, 0.6) is 0 Å². The highest BCUT2D eigenvalue weighted by molar-refractivity contribution is 9.10. The number of rotatable bonds is 1.